The van der Waals surface area contributed by atoms with E-state index in [1.54, 1.807) is 6.07 Å². The van der Waals surface area contributed by atoms with Gasteiger partial charge in [0.15, 0.2) is 5.82 Å². The molecule has 0 aliphatic heterocycles. The highest BCUT2D eigenvalue weighted by Gasteiger charge is 2.36. The molecule has 2 aliphatic carbocycles. The zero-order valence-electron chi connectivity index (χ0n) is 17.8. The van der Waals surface area contributed by atoms with Gasteiger partial charge in [0.2, 0.25) is 0 Å². The van der Waals surface area contributed by atoms with Crippen LogP contribution in [0.2, 0.25) is 5.02 Å². The third-order valence-corrected chi connectivity index (χ3v) is 8.07. The molecule has 0 bridgehead atoms. The Hall–Kier alpha value is -1.22. The fourth-order valence-electron chi connectivity index (χ4n) is 6.09. The summed E-state index contributed by atoms with van der Waals surface area (Å²) in [6.45, 7) is 2.25. The second-order valence-electron chi connectivity index (χ2n) is 9.64. The van der Waals surface area contributed by atoms with E-state index in [1.165, 1.54) is 57.4 Å². The Kier molecular flexibility index (Phi) is 6.97. The van der Waals surface area contributed by atoms with Gasteiger partial charge in [0.05, 0.1) is 10.4 Å². The normalized spacial score (nSPS) is 26.7. The SMILES string of the molecule is CCCCCCC1CCC2CC(c3cc4cc(F)cc(F)c4c(F)c3Cl)CCC2C1. The molecule has 2 aromatic rings. The number of halogens is 4. The first kappa shape index (κ1) is 22.0. The van der Waals surface area contributed by atoms with Crippen LogP contribution in [-0.4, -0.2) is 0 Å². The van der Waals surface area contributed by atoms with Crippen LogP contribution in [0.15, 0.2) is 18.2 Å². The standard InChI is InChI=1S/C26H32ClF3/c1-2-3-4-5-6-16-7-8-18-12-19(10-9-17(18)11-16)22-14-20-13-21(28)15-23(29)24(20)26(30)25(22)27/h13-19H,2-12H2,1H3. The molecule has 2 saturated carbocycles. The lowest BCUT2D eigenvalue weighted by molar-refractivity contribution is 0.113. The molecule has 0 saturated heterocycles. The molecule has 4 rings (SSSR count). The summed E-state index contributed by atoms with van der Waals surface area (Å²) in [5.74, 6) is 0.141. The van der Waals surface area contributed by atoms with Crippen molar-refractivity contribution in [2.24, 2.45) is 17.8 Å². The summed E-state index contributed by atoms with van der Waals surface area (Å²) < 4.78 is 42.7. The lowest BCUT2D eigenvalue weighted by Crippen LogP contribution is -2.30. The summed E-state index contributed by atoms with van der Waals surface area (Å²) in [5, 5.41) is 0.0748. The monoisotopic (exact) mass is 436 g/mol. The first-order valence-corrected chi connectivity index (χ1v) is 12.1. The Morgan fingerprint density at radius 2 is 1.67 bits per heavy atom. The van der Waals surface area contributed by atoms with Gasteiger partial charge in [0, 0.05) is 6.07 Å². The quantitative estimate of drug-likeness (QED) is 0.396. The predicted molar refractivity (Wildman–Crippen MR) is 119 cm³/mol. The lowest BCUT2D eigenvalue weighted by Gasteiger charge is -2.42. The van der Waals surface area contributed by atoms with Gasteiger partial charge >= 0.3 is 0 Å². The van der Waals surface area contributed by atoms with Gasteiger partial charge in [0.1, 0.15) is 11.6 Å². The van der Waals surface area contributed by atoms with Crippen molar-refractivity contribution < 1.29 is 13.2 Å². The van der Waals surface area contributed by atoms with Crippen LogP contribution >= 0.6 is 11.6 Å². The van der Waals surface area contributed by atoms with Crippen molar-refractivity contribution in [1.82, 2.24) is 0 Å². The average Bonchev–Trinajstić information content (AvgIpc) is 2.73. The first-order valence-electron chi connectivity index (χ1n) is 11.7. The summed E-state index contributed by atoms with van der Waals surface area (Å²) in [5.41, 5.74) is 0.729. The number of unbranched alkanes of at least 4 members (excludes halogenated alkanes) is 3. The van der Waals surface area contributed by atoms with E-state index < -0.39 is 17.5 Å². The van der Waals surface area contributed by atoms with E-state index in [9.17, 15) is 13.2 Å². The van der Waals surface area contributed by atoms with Crippen molar-refractivity contribution in [3.8, 4) is 0 Å². The van der Waals surface area contributed by atoms with E-state index in [0.717, 1.165) is 36.7 Å². The van der Waals surface area contributed by atoms with Crippen molar-refractivity contribution in [2.45, 2.75) is 83.5 Å². The molecular formula is C26H32ClF3. The van der Waals surface area contributed by atoms with Crippen LogP contribution in [0.1, 0.15) is 89.0 Å². The molecule has 164 valence electrons. The molecule has 0 heterocycles. The van der Waals surface area contributed by atoms with Gasteiger partial charge in [-0.3, -0.25) is 0 Å². The largest absolute Gasteiger partial charge is 0.207 e. The van der Waals surface area contributed by atoms with Gasteiger partial charge < -0.3 is 0 Å². The van der Waals surface area contributed by atoms with E-state index in [0.29, 0.717) is 12.0 Å². The summed E-state index contributed by atoms with van der Waals surface area (Å²) in [7, 11) is 0. The first-order chi connectivity index (χ1) is 14.5. The molecule has 0 spiro atoms. The van der Waals surface area contributed by atoms with Gasteiger partial charge in [-0.05, 0) is 78.9 Å². The molecule has 2 aromatic carbocycles. The zero-order chi connectivity index (χ0) is 21.3. The number of rotatable bonds is 6. The molecule has 2 fully saturated rings. The van der Waals surface area contributed by atoms with Gasteiger partial charge in [-0.1, -0.05) is 57.0 Å². The Balaban J connectivity index is 1.46. The topological polar surface area (TPSA) is 0 Å². The van der Waals surface area contributed by atoms with Crippen molar-refractivity contribution in [3.05, 3.63) is 46.2 Å². The third kappa shape index (κ3) is 4.52. The number of benzene rings is 2. The number of hydrogen-bond donors (Lipinski definition) is 0. The van der Waals surface area contributed by atoms with Crippen LogP contribution in [0.25, 0.3) is 10.8 Å². The molecule has 0 N–H and O–H groups in total. The van der Waals surface area contributed by atoms with E-state index >= 15 is 0 Å². The molecule has 0 radical (unpaired) electrons. The lowest BCUT2D eigenvalue weighted by atomic mass is 9.63. The molecule has 0 aromatic heterocycles. The van der Waals surface area contributed by atoms with E-state index in [1.807, 2.05) is 0 Å². The zero-order valence-corrected chi connectivity index (χ0v) is 18.6. The van der Waals surface area contributed by atoms with Crippen LogP contribution in [0, 0.1) is 35.2 Å². The summed E-state index contributed by atoms with van der Waals surface area (Å²) >= 11 is 6.36. The van der Waals surface area contributed by atoms with Crippen LogP contribution in [0.4, 0.5) is 13.2 Å². The average molecular weight is 437 g/mol. The second kappa shape index (κ2) is 9.51. The van der Waals surface area contributed by atoms with Gasteiger partial charge in [-0.15, -0.1) is 0 Å². The summed E-state index contributed by atoms with van der Waals surface area (Å²) in [4.78, 5) is 0. The Morgan fingerprint density at radius 3 is 2.47 bits per heavy atom. The van der Waals surface area contributed by atoms with E-state index in [4.69, 9.17) is 11.6 Å². The molecule has 0 amide bonds. The number of fused-ring (bicyclic) bond motifs is 2. The fourth-order valence-corrected chi connectivity index (χ4v) is 6.40. The minimum Gasteiger partial charge on any atom is -0.207 e. The van der Waals surface area contributed by atoms with Crippen molar-refractivity contribution >= 4 is 22.4 Å². The maximum atomic E-state index is 14.9. The third-order valence-electron chi connectivity index (χ3n) is 7.69. The van der Waals surface area contributed by atoms with Crippen molar-refractivity contribution in [2.75, 3.05) is 0 Å². The highest BCUT2D eigenvalue weighted by molar-refractivity contribution is 6.32. The second-order valence-corrected chi connectivity index (χ2v) is 10.0. The van der Waals surface area contributed by atoms with Crippen LogP contribution < -0.4 is 0 Å². The van der Waals surface area contributed by atoms with Gasteiger partial charge in [0.25, 0.3) is 0 Å². The molecule has 4 heteroatoms. The molecule has 2 aliphatic rings. The highest BCUT2D eigenvalue weighted by Crippen LogP contribution is 2.50. The predicted octanol–water partition coefficient (Wildman–Crippen LogP) is 9.18. The molecule has 4 unspecified atom stereocenters. The smallest absolute Gasteiger partial charge is 0.152 e. The van der Waals surface area contributed by atoms with Crippen molar-refractivity contribution in [1.29, 1.82) is 0 Å². The Morgan fingerprint density at radius 1 is 0.900 bits per heavy atom. The van der Waals surface area contributed by atoms with Crippen LogP contribution in [-0.2, 0) is 0 Å². The fraction of sp³-hybridized carbons (Fsp3) is 0.615. The van der Waals surface area contributed by atoms with Crippen LogP contribution in [0.3, 0.4) is 0 Å². The minimum absolute atomic E-state index is 0.0149. The van der Waals surface area contributed by atoms with Gasteiger partial charge in [-0.2, -0.15) is 0 Å². The molecule has 4 atom stereocenters. The molecule has 0 nitrogen and oxygen atoms in total. The summed E-state index contributed by atoms with van der Waals surface area (Å²) in [6, 6.07) is 3.64. The van der Waals surface area contributed by atoms with Gasteiger partial charge in [-0.25, -0.2) is 13.2 Å². The molecule has 30 heavy (non-hydrogen) atoms. The van der Waals surface area contributed by atoms with E-state index in [-0.39, 0.29) is 21.7 Å². The highest BCUT2D eigenvalue weighted by atomic mass is 35.5. The molecular weight excluding hydrogens is 405 g/mol. The Labute approximate surface area is 183 Å². The maximum Gasteiger partial charge on any atom is 0.152 e. The van der Waals surface area contributed by atoms with E-state index in [2.05, 4.69) is 6.92 Å². The summed E-state index contributed by atoms with van der Waals surface area (Å²) in [6.07, 6.45) is 13.7. The number of hydrogen-bond acceptors (Lipinski definition) is 0. The minimum atomic E-state index is -0.892. The van der Waals surface area contributed by atoms with Crippen molar-refractivity contribution in [3.63, 3.8) is 0 Å². The Bertz CT molecular complexity index is 894. The van der Waals surface area contributed by atoms with Crippen LogP contribution in [0.5, 0.6) is 0 Å². The maximum absolute atomic E-state index is 14.9.